The van der Waals surface area contributed by atoms with Crippen molar-refractivity contribution in [2.24, 2.45) is 16.7 Å². The van der Waals surface area contributed by atoms with E-state index in [1.807, 2.05) is 0 Å². The van der Waals surface area contributed by atoms with Crippen molar-refractivity contribution in [1.29, 1.82) is 0 Å². The molecule has 23 heavy (non-hydrogen) atoms. The normalized spacial score (nSPS) is 37.5. The van der Waals surface area contributed by atoms with Crippen molar-refractivity contribution in [2.75, 3.05) is 5.75 Å². The first kappa shape index (κ1) is 16.7. The molecule has 0 aromatic rings. The Morgan fingerprint density at radius 2 is 2.00 bits per heavy atom. The van der Waals surface area contributed by atoms with E-state index >= 15 is 0 Å². The Kier molecular flexibility index (Phi) is 3.60. The summed E-state index contributed by atoms with van der Waals surface area (Å²) in [6.07, 6.45) is 1.98. The lowest BCUT2D eigenvalue weighted by Crippen LogP contribution is -2.45. The second-order valence-corrected chi connectivity index (χ2v) is 9.78. The number of fused-ring (bicyclic) bond motifs is 1. The monoisotopic (exact) mass is 345 g/mol. The van der Waals surface area contributed by atoms with Gasteiger partial charge in [-0.3, -0.25) is 9.59 Å². The minimum absolute atomic E-state index is 0.0543. The smallest absolute Gasteiger partial charge is 0.302 e. The van der Waals surface area contributed by atoms with Crippen LogP contribution in [0.25, 0.3) is 0 Å². The fourth-order valence-corrected chi connectivity index (χ4v) is 7.84. The largest absolute Gasteiger partial charge is 0.462 e. The van der Waals surface area contributed by atoms with Gasteiger partial charge in [-0.1, -0.05) is 13.8 Å². The summed E-state index contributed by atoms with van der Waals surface area (Å²) < 4.78 is 31.5. The van der Waals surface area contributed by atoms with Gasteiger partial charge in [-0.05, 0) is 37.5 Å². The van der Waals surface area contributed by atoms with E-state index < -0.39 is 28.0 Å². The molecule has 0 aromatic carbocycles. The number of carbonyl (C=O) groups is 2. The number of amides is 1. The minimum Gasteiger partial charge on any atom is -0.462 e. The Bertz CT molecular complexity index is 655. The maximum Gasteiger partial charge on any atom is 0.302 e. The highest BCUT2D eigenvalue weighted by atomic mass is 32.2. The van der Waals surface area contributed by atoms with Crippen molar-refractivity contribution >= 4 is 21.9 Å². The Morgan fingerprint density at radius 1 is 1.35 bits per heavy atom. The number of hydrogen-bond acceptors (Lipinski definition) is 5. The van der Waals surface area contributed by atoms with Gasteiger partial charge in [0.2, 0.25) is 15.9 Å². The molecule has 2 bridgehead atoms. The Hall–Kier alpha value is -1.11. The van der Waals surface area contributed by atoms with Crippen molar-refractivity contribution in [3.05, 3.63) is 0 Å². The van der Waals surface area contributed by atoms with E-state index in [1.165, 1.54) is 6.92 Å². The van der Waals surface area contributed by atoms with Crippen LogP contribution in [-0.2, 0) is 24.3 Å². The fraction of sp³-hybridized carbons (Fsp3) is 0.875. The molecule has 3 aliphatic rings. The van der Waals surface area contributed by atoms with Crippen LogP contribution in [0, 0.1) is 16.7 Å². The molecule has 7 heteroatoms. The summed E-state index contributed by atoms with van der Waals surface area (Å²) in [6.45, 7) is 7.19. The zero-order chi connectivity index (χ0) is 17.2. The van der Waals surface area contributed by atoms with Crippen molar-refractivity contribution in [3.63, 3.8) is 0 Å². The van der Waals surface area contributed by atoms with E-state index in [2.05, 4.69) is 13.8 Å². The molecule has 1 aliphatic heterocycles. The highest BCUT2D eigenvalue weighted by Crippen LogP contribution is 2.70. The van der Waals surface area contributed by atoms with Crippen LogP contribution in [-0.4, -0.2) is 42.5 Å². The van der Waals surface area contributed by atoms with Gasteiger partial charge in [0, 0.05) is 12.3 Å². The third-order valence-electron chi connectivity index (χ3n) is 6.49. The fourth-order valence-electron chi connectivity index (χ4n) is 5.28. The average Bonchev–Trinajstić information content (AvgIpc) is 2.83. The molecule has 0 aromatic heterocycles. The van der Waals surface area contributed by atoms with E-state index in [0.29, 0.717) is 5.92 Å². The van der Waals surface area contributed by atoms with E-state index in [0.717, 1.165) is 23.6 Å². The van der Waals surface area contributed by atoms with Gasteiger partial charge in [0.05, 0.1) is 18.2 Å². The first-order chi connectivity index (χ1) is 10.5. The molecule has 0 radical (unpaired) electrons. The number of ether oxygens (including phenoxy) is 1. The van der Waals surface area contributed by atoms with Crippen LogP contribution in [0.15, 0.2) is 0 Å². The number of hydrogen-bond donors (Lipinski definition) is 0. The number of esters is 1. The van der Waals surface area contributed by atoms with Crippen LogP contribution < -0.4 is 0 Å². The quantitative estimate of drug-likeness (QED) is 0.574. The summed E-state index contributed by atoms with van der Waals surface area (Å²) in [6, 6.07) is -0.224. The van der Waals surface area contributed by atoms with Crippen LogP contribution in [0.1, 0.15) is 53.4 Å². The predicted octanol–water partition coefficient (Wildman–Crippen LogP) is 1.70. The van der Waals surface area contributed by atoms with Gasteiger partial charge in [0.1, 0.15) is 6.10 Å². The lowest BCUT2D eigenvalue weighted by Gasteiger charge is -2.37. The molecule has 2 saturated carbocycles. The van der Waals surface area contributed by atoms with E-state index in [1.54, 1.807) is 6.92 Å². The van der Waals surface area contributed by atoms with E-state index in [4.69, 9.17) is 4.74 Å². The van der Waals surface area contributed by atoms with Crippen LogP contribution in [0.5, 0.6) is 0 Å². The van der Waals surface area contributed by atoms with Crippen molar-refractivity contribution in [1.82, 2.24) is 4.31 Å². The van der Waals surface area contributed by atoms with Gasteiger partial charge in [0.15, 0.2) is 0 Å². The minimum atomic E-state index is -3.59. The molecule has 1 saturated heterocycles. The van der Waals surface area contributed by atoms with Crippen LogP contribution in [0.4, 0.5) is 0 Å². The molecule has 3 rings (SSSR count). The lowest BCUT2D eigenvalue weighted by atomic mass is 9.69. The molecule has 2 aliphatic carbocycles. The van der Waals surface area contributed by atoms with Crippen molar-refractivity contribution in [3.8, 4) is 0 Å². The Labute approximate surface area is 137 Å². The molecular weight excluding hydrogens is 320 g/mol. The summed E-state index contributed by atoms with van der Waals surface area (Å²) in [5.41, 5.74) is -0.363. The van der Waals surface area contributed by atoms with Gasteiger partial charge >= 0.3 is 5.97 Å². The molecular formula is C16H25NO5S. The summed E-state index contributed by atoms with van der Waals surface area (Å²) in [7, 11) is -3.59. The van der Waals surface area contributed by atoms with Crippen LogP contribution >= 0.6 is 0 Å². The Morgan fingerprint density at radius 3 is 2.57 bits per heavy atom. The molecule has 4 atom stereocenters. The first-order valence-electron chi connectivity index (χ1n) is 8.23. The van der Waals surface area contributed by atoms with Crippen LogP contribution in [0.3, 0.4) is 0 Å². The number of rotatable bonds is 3. The SMILES string of the molecule is CC(=O)OC(C)[13CH2][13C](=O)N1[C@@H]2C[C@H]3CC[C@]2(CS1(=O)=O)C3(C)C. The molecule has 1 spiro atoms. The topological polar surface area (TPSA) is 80.8 Å². The lowest BCUT2D eigenvalue weighted by molar-refractivity contribution is -0.147. The molecule has 6 nitrogen and oxygen atoms in total. The zero-order valence-corrected chi connectivity index (χ0v) is 15.0. The second kappa shape index (κ2) is 4.94. The first-order valence-corrected chi connectivity index (χ1v) is 9.84. The van der Waals surface area contributed by atoms with Crippen LogP contribution in [0.2, 0.25) is 0 Å². The average molecular weight is 345 g/mol. The van der Waals surface area contributed by atoms with E-state index in [9.17, 15) is 18.0 Å². The predicted molar refractivity (Wildman–Crippen MR) is 83.8 cm³/mol. The van der Waals surface area contributed by atoms with Gasteiger partial charge in [0.25, 0.3) is 0 Å². The van der Waals surface area contributed by atoms with Gasteiger partial charge in [-0.15, -0.1) is 0 Å². The Balaban J connectivity index is 1.86. The highest BCUT2D eigenvalue weighted by Gasteiger charge is 2.72. The van der Waals surface area contributed by atoms with Gasteiger partial charge in [-0.2, -0.15) is 0 Å². The molecule has 3 fully saturated rings. The standard InChI is InChI=1S/C16H25NO5S/c1-10(22-11(2)18)7-14(19)17-13-8-12-5-6-16(13,15(12,3)4)9-23(17,20)21/h10,12-13H,5-9H2,1-4H3/t10?,12-,13-,16-/m1/s1/i7+1,14+1. The number of sulfonamides is 1. The number of carbonyl (C=O) groups excluding carboxylic acids is 2. The number of nitrogens with zero attached hydrogens (tertiary/aromatic N) is 1. The van der Waals surface area contributed by atoms with Gasteiger partial charge in [-0.25, -0.2) is 12.7 Å². The maximum atomic E-state index is 12.7. The maximum absolute atomic E-state index is 12.7. The summed E-state index contributed by atoms with van der Waals surface area (Å²) >= 11 is 0. The summed E-state index contributed by atoms with van der Waals surface area (Å²) in [5.74, 6) is -0.359. The molecule has 1 heterocycles. The molecule has 0 N–H and O–H groups in total. The van der Waals surface area contributed by atoms with E-state index in [-0.39, 0.29) is 29.0 Å². The zero-order valence-electron chi connectivity index (χ0n) is 14.2. The molecule has 130 valence electrons. The van der Waals surface area contributed by atoms with Crippen molar-refractivity contribution in [2.45, 2.75) is 65.5 Å². The van der Waals surface area contributed by atoms with Gasteiger partial charge < -0.3 is 4.74 Å². The summed E-state index contributed by atoms with van der Waals surface area (Å²) in [5, 5.41) is 0. The third-order valence-corrected chi connectivity index (χ3v) is 8.42. The third kappa shape index (κ3) is 2.22. The second-order valence-electron chi connectivity index (χ2n) is 7.93. The summed E-state index contributed by atoms with van der Waals surface area (Å²) in [4.78, 5) is 23.6. The molecule has 1 amide bonds. The highest BCUT2D eigenvalue weighted by molar-refractivity contribution is 7.90. The van der Waals surface area contributed by atoms with Crippen molar-refractivity contribution < 1.29 is 22.7 Å². The molecule has 1 unspecified atom stereocenters.